The third kappa shape index (κ3) is 3.57. The van der Waals surface area contributed by atoms with Crippen LogP contribution in [0.1, 0.15) is 29.7 Å². The molecule has 0 saturated carbocycles. The number of thiocarbonyl (C=S) groups is 1. The number of nitrogens with zero attached hydrogens (tertiary/aromatic N) is 1. The highest BCUT2D eigenvalue weighted by Gasteiger charge is 2.16. The van der Waals surface area contributed by atoms with E-state index in [0.29, 0.717) is 17.4 Å². The van der Waals surface area contributed by atoms with Crippen molar-refractivity contribution in [3.8, 4) is 0 Å². The lowest BCUT2D eigenvalue weighted by Crippen LogP contribution is -2.22. The Balaban J connectivity index is 2.13. The van der Waals surface area contributed by atoms with Crippen molar-refractivity contribution in [3.05, 3.63) is 22.9 Å². The molecule has 1 aromatic rings. The molecule has 0 fully saturated rings. The smallest absolute Gasteiger partial charge is 0.404 e. The Morgan fingerprint density at radius 1 is 1.40 bits per heavy atom. The number of primary amides is 1. The van der Waals surface area contributed by atoms with Crippen molar-refractivity contribution in [2.45, 2.75) is 25.7 Å². The third-order valence-electron chi connectivity index (χ3n) is 3.21. The van der Waals surface area contributed by atoms with Crippen molar-refractivity contribution in [1.82, 2.24) is 4.98 Å². The first-order chi connectivity index (χ1) is 9.58. The molecule has 6 nitrogen and oxygen atoms in total. The van der Waals surface area contributed by atoms with E-state index in [4.69, 9.17) is 23.7 Å². The van der Waals surface area contributed by atoms with Crippen LogP contribution in [0.25, 0.3) is 0 Å². The first-order valence-corrected chi connectivity index (χ1v) is 6.97. The minimum atomic E-state index is -0.792. The van der Waals surface area contributed by atoms with Gasteiger partial charge in [-0.1, -0.05) is 12.2 Å². The van der Waals surface area contributed by atoms with Gasteiger partial charge in [-0.3, -0.25) is 0 Å². The largest absolute Gasteiger partial charge is 0.448 e. The Bertz CT molecular complexity index is 533. The maximum atomic E-state index is 10.5. The Morgan fingerprint density at radius 3 is 2.85 bits per heavy atom. The Hall–Kier alpha value is -1.89. The van der Waals surface area contributed by atoms with Crippen LogP contribution < -0.4 is 16.8 Å². The zero-order valence-corrected chi connectivity index (χ0v) is 12.0. The summed E-state index contributed by atoms with van der Waals surface area (Å²) in [5.41, 5.74) is 13.7. The summed E-state index contributed by atoms with van der Waals surface area (Å²) in [7, 11) is 0. The van der Waals surface area contributed by atoms with Crippen LogP contribution in [-0.2, 0) is 17.6 Å². The van der Waals surface area contributed by atoms with E-state index in [1.807, 2.05) is 6.07 Å². The summed E-state index contributed by atoms with van der Waals surface area (Å²) in [6.45, 7) is 0.579. The highest BCUT2D eigenvalue weighted by atomic mass is 32.1. The predicted molar refractivity (Wildman–Crippen MR) is 80.8 cm³/mol. The average Bonchev–Trinajstić information content (AvgIpc) is 2.42. The fourth-order valence-electron chi connectivity index (χ4n) is 2.28. The van der Waals surface area contributed by atoms with Gasteiger partial charge in [0, 0.05) is 5.69 Å². The molecule has 1 amide bonds. The van der Waals surface area contributed by atoms with Gasteiger partial charge >= 0.3 is 6.09 Å². The maximum absolute atomic E-state index is 10.5. The average molecular weight is 294 g/mol. The minimum absolute atomic E-state index is 0.171. The molecule has 7 heteroatoms. The molecule has 0 unspecified atom stereocenters. The number of carbonyl (C=O) groups is 1. The number of ether oxygens (including phenoxy) is 1. The van der Waals surface area contributed by atoms with Crippen LogP contribution >= 0.6 is 12.2 Å². The van der Waals surface area contributed by atoms with Crippen LogP contribution in [0.4, 0.5) is 10.6 Å². The van der Waals surface area contributed by atoms with E-state index in [-0.39, 0.29) is 6.61 Å². The zero-order valence-electron chi connectivity index (χ0n) is 11.1. The van der Waals surface area contributed by atoms with Crippen LogP contribution in [0, 0.1) is 0 Å². The maximum Gasteiger partial charge on any atom is 0.404 e. The first kappa shape index (κ1) is 14.5. The molecule has 0 spiro atoms. The lowest BCUT2D eigenvalue weighted by molar-refractivity contribution is 0.161. The predicted octanol–water partition coefficient (Wildman–Crippen LogP) is 1.10. The molecule has 1 aliphatic rings. The number of anilines is 1. The van der Waals surface area contributed by atoms with Crippen molar-refractivity contribution in [2.75, 3.05) is 18.5 Å². The number of amides is 1. The number of hydrogen-bond donors (Lipinski definition) is 3. The zero-order chi connectivity index (χ0) is 14.5. The number of hydrogen-bond acceptors (Lipinski definition) is 5. The van der Waals surface area contributed by atoms with Crippen LogP contribution in [0.15, 0.2) is 6.07 Å². The summed E-state index contributed by atoms with van der Waals surface area (Å²) < 4.78 is 4.66. The number of carbonyl (C=O) groups excluding carboxylic acids is 1. The summed E-state index contributed by atoms with van der Waals surface area (Å²) >= 11 is 5.07. The second-order valence-electron chi connectivity index (χ2n) is 4.66. The van der Waals surface area contributed by atoms with E-state index >= 15 is 0 Å². The molecule has 20 heavy (non-hydrogen) atoms. The normalized spacial score (nSPS) is 13.4. The lowest BCUT2D eigenvalue weighted by Gasteiger charge is -2.19. The summed E-state index contributed by atoms with van der Waals surface area (Å²) in [5, 5.41) is 3.09. The van der Waals surface area contributed by atoms with Crippen LogP contribution in [-0.4, -0.2) is 29.2 Å². The quantitative estimate of drug-likeness (QED) is 0.555. The van der Waals surface area contributed by atoms with Crippen molar-refractivity contribution in [2.24, 2.45) is 11.5 Å². The van der Waals surface area contributed by atoms with E-state index in [1.54, 1.807) is 0 Å². The number of rotatable bonds is 5. The summed E-state index contributed by atoms with van der Waals surface area (Å²) in [4.78, 5) is 15.4. The number of fused-ring (bicyclic) bond motifs is 1. The van der Waals surface area contributed by atoms with Crippen LogP contribution in [0.3, 0.4) is 0 Å². The molecule has 0 aliphatic heterocycles. The highest BCUT2D eigenvalue weighted by molar-refractivity contribution is 7.80. The molecule has 1 aromatic heterocycles. The van der Waals surface area contributed by atoms with Gasteiger partial charge in [-0.15, -0.1) is 0 Å². The van der Waals surface area contributed by atoms with Crippen molar-refractivity contribution in [3.63, 3.8) is 0 Å². The van der Waals surface area contributed by atoms with Gasteiger partial charge in [-0.05, 0) is 37.3 Å². The summed E-state index contributed by atoms with van der Waals surface area (Å²) in [5.74, 6) is 0.645. The Labute approximate surface area is 122 Å². The van der Waals surface area contributed by atoms with Crippen molar-refractivity contribution < 1.29 is 9.53 Å². The number of nitrogens with two attached hydrogens (primary N) is 2. The molecule has 5 N–H and O–H groups in total. The summed E-state index contributed by atoms with van der Waals surface area (Å²) in [6, 6.07) is 2.01. The van der Waals surface area contributed by atoms with Crippen LogP contribution in [0.2, 0.25) is 0 Å². The van der Waals surface area contributed by atoms with Gasteiger partial charge in [0.1, 0.15) is 17.4 Å². The second-order valence-corrected chi connectivity index (χ2v) is 5.10. The van der Waals surface area contributed by atoms with Gasteiger partial charge in [-0.25, -0.2) is 9.78 Å². The molecule has 1 heterocycles. The number of nitrogens with one attached hydrogen (secondary N) is 1. The standard InChI is InChI=1S/C13H18N4O2S/c14-11(20)9-7-8-3-1-2-4-10(8)17-12(9)16-5-6-19-13(15)18/h7H,1-6H2,(H2,14,20)(H2,15,18)(H,16,17). The molecule has 0 saturated heterocycles. The van der Waals surface area contributed by atoms with E-state index in [2.05, 4.69) is 15.0 Å². The number of aromatic nitrogens is 1. The van der Waals surface area contributed by atoms with E-state index in [0.717, 1.165) is 30.5 Å². The van der Waals surface area contributed by atoms with Gasteiger partial charge in [-0.2, -0.15) is 0 Å². The van der Waals surface area contributed by atoms with Gasteiger partial charge < -0.3 is 21.5 Å². The first-order valence-electron chi connectivity index (χ1n) is 6.56. The SMILES string of the molecule is NC(=O)OCCNc1nc2c(cc1C(N)=S)CCCC2. The topological polar surface area (TPSA) is 103 Å². The minimum Gasteiger partial charge on any atom is -0.448 e. The Kier molecular flexibility index (Phi) is 4.73. The molecule has 0 atom stereocenters. The molecule has 0 radical (unpaired) electrons. The van der Waals surface area contributed by atoms with E-state index in [9.17, 15) is 4.79 Å². The molecular formula is C13H18N4O2S. The Morgan fingerprint density at radius 2 is 2.15 bits per heavy atom. The molecule has 108 valence electrons. The van der Waals surface area contributed by atoms with Crippen LogP contribution in [0.5, 0.6) is 0 Å². The molecular weight excluding hydrogens is 276 g/mol. The molecule has 0 aromatic carbocycles. The lowest BCUT2D eigenvalue weighted by atomic mass is 9.94. The summed E-state index contributed by atoms with van der Waals surface area (Å²) in [6.07, 6.45) is 3.52. The van der Waals surface area contributed by atoms with Gasteiger partial charge in [0.15, 0.2) is 0 Å². The fourth-order valence-corrected chi connectivity index (χ4v) is 2.43. The third-order valence-corrected chi connectivity index (χ3v) is 3.43. The van der Waals surface area contributed by atoms with Gasteiger partial charge in [0.25, 0.3) is 0 Å². The van der Waals surface area contributed by atoms with E-state index < -0.39 is 6.09 Å². The van der Waals surface area contributed by atoms with Gasteiger partial charge in [0.2, 0.25) is 0 Å². The molecule has 0 bridgehead atoms. The van der Waals surface area contributed by atoms with Crippen molar-refractivity contribution >= 4 is 29.1 Å². The molecule has 1 aliphatic carbocycles. The number of pyridine rings is 1. The monoisotopic (exact) mass is 294 g/mol. The van der Waals surface area contributed by atoms with Crippen molar-refractivity contribution in [1.29, 1.82) is 0 Å². The fraction of sp³-hybridized carbons (Fsp3) is 0.462. The molecule has 2 rings (SSSR count). The van der Waals surface area contributed by atoms with E-state index in [1.165, 1.54) is 12.0 Å². The number of aryl methyl sites for hydroxylation is 2. The second kappa shape index (κ2) is 6.51. The highest BCUT2D eigenvalue weighted by Crippen LogP contribution is 2.24. The van der Waals surface area contributed by atoms with Gasteiger partial charge in [0.05, 0.1) is 12.1 Å².